The summed E-state index contributed by atoms with van der Waals surface area (Å²) in [5.74, 6) is 0.696. The molecule has 9 heteroatoms. The highest BCUT2D eigenvalue weighted by molar-refractivity contribution is 7.13. The number of benzene rings is 1. The predicted octanol–water partition coefficient (Wildman–Crippen LogP) is 4.81. The first-order valence-electron chi connectivity index (χ1n) is 10.5. The Morgan fingerprint density at radius 2 is 1.91 bits per heavy atom. The predicted molar refractivity (Wildman–Crippen MR) is 127 cm³/mol. The van der Waals surface area contributed by atoms with E-state index in [0.717, 1.165) is 39.0 Å². The highest BCUT2D eigenvalue weighted by Crippen LogP contribution is 2.33. The van der Waals surface area contributed by atoms with Gasteiger partial charge in [0.05, 0.1) is 28.5 Å². The Kier molecular flexibility index (Phi) is 6.57. The first kappa shape index (κ1) is 22.4. The molecule has 3 heterocycles. The minimum Gasteiger partial charge on any atom is -0.495 e. The first-order valence-corrected chi connectivity index (χ1v) is 12.2. The van der Waals surface area contributed by atoms with Crippen LogP contribution in [-0.4, -0.2) is 46.9 Å². The molecule has 0 spiro atoms. The van der Waals surface area contributed by atoms with E-state index in [-0.39, 0.29) is 17.7 Å². The van der Waals surface area contributed by atoms with Gasteiger partial charge in [0.15, 0.2) is 0 Å². The summed E-state index contributed by atoms with van der Waals surface area (Å²) in [5.41, 5.74) is 2.80. The van der Waals surface area contributed by atoms with Crippen molar-refractivity contribution in [1.29, 1.82) is 0 Å². The Morgan fingerprint density at radius 1 is 1.16 bits per heavy atom. The van der Waals surface area contributed by atoms with Crippen molar-refractivity contribution in [2.75, 3.05) is 25.5 Å². The molecular formula is C23H26N4O3S2. The molecule has 0 radical (unpaired) electrons. The summed E-state index contributed by atoms with van der Waals surface area (Å²) in [5, 5.41) is 6.60. The molecule has 0 saturated carbocycles. The minimum absolute atomic E-state index is 0.0675. The van der Waals surface area contributed by atoms with Gasteiger partial charge in [0.1, 0.15) is 16.3 Å². The smallest absolute Gasteiger partial charge is 0.275 e. The van der Waals surface area contributed by atoms with Crippen molar-refractivity contribution in [2.45, 2.75) is 39.5 Å². The summed E-state index contributed by atoms with van der Waals surface area (Å²) in [6.07, 6.45) is 1.67. The van der Waals surface area contributed by atoms with Crippen LogP contribution in [0, 0.1) is 20.8 Å². The van der Waals surface area contributed by atoms with Crippen molar-refractivity contribution in [1.82, 2.24) is 14.9 Å². The average Bonchev–Trinajstić information content (AvgIpc) is 3.41. The van der Waals surface area contributed by atoms with E-state index in [1.807, 2.05) is 43.9 Å². The Hall–Kier alpha value is -2.78. The Balaban J connectivity index is 1.39. The van der Waals surface area contributed by atoms with E-state index in [0.29, 0.717) is 30.2 Å². The number of thiazole rings is 2. The number of rotatable bonds is 5. The lowest BCUT2D eigenvalue weighted by Crippen LogP contribution is -2.37. The summed E-state index contributed by atoms with van der Waals surface area (Å²) < 4.78 is 5.37. The van der Waals surface area contributed by atoms with Crippen molar-refractivity contribution in [3.63, 3.8) is 0 Å². The summed E-state index contributed by atoms with van der Waals surface area (Å²) in [6, 6.07) is 5.63. The number of aryl methyl sites for hydroxylation is 3. The van der Waals surface area contributed by atoms with Gasteiger partial charge in [0.25, 0.3) is 11.8 Å². The van der Waals surface area contributed by atoms with Crippen molar-refractivity contribution >= 4 is 40.2 Å². The van der Waals surface area contributed by atoms with E-state index in [9.17, 15) is 9.59 Å². The van der Waals surface area contributed by atoms with Crippen LogP contribution < -0.4 is 10.1 Å². The van der Waals surface area contributed by atoms with Crippen LogP contribution >= 0.6 is 22.7 Å². The lowest BCUT2D eigenvalue weighted by molar-refractivity contribution is 0.0717. The van der Waals surface area contributed by atoms with Gasteiger partial charge in [0, 0.05) is 24.4 Å². The summed E-state index contributed by atoms with van der Waals surface area (Å²) in [4.78, 5) is 37.3. The molecule has 2 aromatic heterocycles. The van der Waals surface area contributed by atoms with Gasteiger partial charge in [-0.2, -0.15) is 0 Å². The maximum atomic E-state index is 12.8. The molecule has 3 aromatic rings. The number of ether oxygens (including phenoxy) is 1. The zero-order valence-corrected chi connectivity index (χ0v) is 20.2. The van der Waals surface area contributed by atoms with E-state index in [1.54, 1.807) is 12.5 Å². The topological polar surface area (TPSA) is 84.4 Å². The number of piperidine rings is 1. The Labute approximate surface area is 195 Å². The van der Waals surface area contributed by atoms with Crippen LogP contribution in [0.15, 0.2) is 23.6 Å². The molecule has 2 amide bonds. The molecule has 1 N–H and O–H groups in total. The molecule has 1 aliphatic heterocycles. The third kappa shape index (κ3) is 4.54. The van der Waals surface area contributed by atoms with Crippen LogP contribution in [0.2, 0.25) is 0 Å². The van der Waals surface area contributed by atoms with Crippen molar-refractivity contribution in [3.8, 4) is 5.75 Å². The number of nitrogens with one attached hydrogen (secondary N) is 1. The second kappa shape index (κ2) is 9.38. The molecular weight excluding hydrogens is 444 g/mol. The van der Waals surface area contributed by atoms with E-state index >= 15 is 0 Å². The molecule has 1 saturated heterocycles. The van der Waals surface area contributed by atoms with Crippen molar-refractivity contribution in [3.05, 3.63) is 55.4 Å². The second-order valence-corrected chi connectivity index (χ2v) is 9.98. The van der Waals surface area contributed by atoms with Gasteiger partial charge in [-0.15, -0.1) is 22.7 Å². The number of nitrogens with zero attached hydrogens (tertiary/aromatic N) is 3. The van der Waals surface area contributed by atoms with Crippen molar-refractivity contribution < 1.29 is 14.3 Å². The van der Waals surface area contributed by atoms with Gasteiger partial charge in [-0.25, -0.2) is 9.97 Å². The van der Waals surface area contributed by atoms with Gasteiger partial charge < -0.3 is 15.0 Å². The van der Waals surface area contributed by atoms with Crippen LogP contribution in [0.3, 0.4) is 0 Å². The maximum absolute atomic E-state index is 12.8. The number of amides is 2. The number of carbonyl (C=O) groups excluding carboxylic acids is 2. The number of aromatic nitrogens is 2. The first-order chi connectivity index (χ1) is 15.4. The molecule has 4 rings (SSSR count). The van der Waals surface area contributed by atoms with Crippen LogP contribution in [0.5, 0.6) is 5.75 Å². The highest BCUT2D eigenvalue weighted by Gasteiger charge is 2.28. The number of anilines is 1. The Morgan fingerprint density at radius 3 is 2.56 bits per heavy atom. The fraction of sp³-hybridized carbons (Fsp3) is 0.391. The van der Waals surface area contributed by atoms with Gasteiger partial charge in [-0.3, -0.25) is 9.59 Å². The largest absolute Gasteiger partial charge is 0.495 e. The van der Waals surface area contributed by atoms with Gasteiger partial charge in [-0.05, 0) is 45.2 Å². The van der Waals surface area contributed by atoms with Crippen molar-refractivity contribution in [2.24, 2.45) is 0 Å². The minimum atomic E-state index is -0.247. The van der Waals surface area contributed by atoms with E-state index in [4.69, 9.17) is 4.74 Å². The quantitative estimate of drug-likeness (QED) is 0.579. The normalized spacial score (nSPS) is 14.4. The zero-order chi connectivity index (χ0) is 22.8. The molecule has 0 aliphatic carbocycles. The standard InChI is InChI=1S/C23H26N4O3S2/c1-13-6-5-7-18(30-4)19(13)26-21(28)17-12-31-22(25-17)16-8-10-27(11-9-16)23(29)20-14(2)24-15(3)32-20/h5-7,12,16H,8-11H2,1-4H3,(H,26,28). The fourth-order valence-electron chi connectivity index (χ4n) is 3.93. The molecule has 32 heavy (non-hydrogen) atoms. The molecule has 0 atom stereocenters. The Bertz CT molecular complexity index is 1150. The molecule has 168 valence electrons. The van der Waals surface area contributed by atoms with Crippen LogP contribution in [-0.2, 0) is 0 Å². The fourth-order valence-corrected chi connectivity index (χ4v) is 5.79. The SMILES string of the molecule is COc1cccc(C)c1NC(=O)c1csc(C2CCN(C(=O)c3sc(C)nc3C)CC2)n1. The second-order valence-electron chi connectivity index (χ2n) is 7.89. The highest BCUT2D eigenvalue weighted by atomic mass is 32.1. The molecule has 1 fully saturated rings. The lowest BCUT2D eigenvalue weighted by atomic mass is 9.97. The molecule has 0 unspecified atom stereocenters. The molecule has 0 bridgehead atoms. The maximum Gasteiger partial charge on any atom is 0.275 e. The number of methoxy groups -OCH3 is 1. The number of likely N-dealkylation sites (tertiary alicyclic amines) is 1. The summed E-state index contributed by atoms with van der Waals surface area (Å²) >= 11 is 2.96. The summed E-state index contributed by atoms with van der Waals surface area (Å²) in [7, 11) is 1.58. The van der Waals surface area contributed by atoms with Gasteiger partial charge >= 0.3 is 0 Å². The number of para-hydroxylation sites is 1. The van der Waals surface area contributed by atoms with Crippen LogP contribution in [0.4, 0.5) is 5.69 Å². The summed E-state index contributed by atoms with van der Waals surface area (Å²) in [6.45, 7) is 7.10. The van der Waals surface area contributed by atoms with E-state index in [2.05, 4.69) is 15.3 Å². The third-order valence-electron chi connectivity index (χ3n) is 5.68. The van der Waals surface area contributed by atoms with Crippen LogP contribution in [0.25, 0.3) is 0 Å². The van der Waals surface area contributed by atoms with E-state index < -0.39 is 0 Å². The monoisotopic (exact) mass is 470 g/mol. The zero-order valence-electron chi connectivity index (χ0n) is 18.6. The lowest BCUT2D eigenvalue weighted by Gasteiger charge is -2.30. The van der Waals surface area contributed by atoms with Crippen LogP contribution in [0.1, 0.15) is 60.2 Å². The average molecular weight is 471 g/mol. The van der Waals surface area contributed by atoms with Gasteiger partial charge in [0.2, 0.25) is 0 Å². The number of hydrogen-bond acceptors (Lipinski definition) is 7. The molecule has 1 aliphatic rings. The third-order valence-corrected chi connectivity index (χ3v) is 7.74. The molecule has 7 nitrogen and oxygen atoms in total. The number of carbonyl (C=O) groups is 2. The number of hydrogen-bond donors (Lipinski definition) is 1. The molecule has 1 aromatic carbocycles. The van der Waals surface area contributed by atoms with Gasteiger partial charge in [-0.1, -0.05) is 12.1 Å². The van der Waals surface area contributed by atoms with E-state index in [1.165, 1.54) is 22.7 Å².